The summed E-state index contributed by atoms with van der Waals surface area (Å²) in [4.78, 5) is 37.7. The third-order valence-electron chi connectivity index (χ3n) is 4.97. The van der Waals surface area contributed by atoms with E-state index in [1.807, 2.05) is 0 Å². The lowest BCUT2D eigenvalue weighted by Crippen LogP contribution is -2.31. The lowest BCUT2D eigenvalue weighted by molar-refractivity contribution is 0.0725. The Hall–Kier alpha value is -3.56. The van der Waals surface area contributed by atoms with Crippen LogP contribution in [0.1, 0.15) is 65.8 Å². The second kappa shape index (κ2) is 9.71. The van der Waals surface area contributed by atoms with E-state index in [1.54, 1.807) is 6.07 Å². The number of nitrogens with zero attached hydrogens (tertiary/aromatic N) is 3. The van der Waals surface area contributed by atoms with Crippen LogP contribution in [0.4, 0.5) is 8.78 Å². The van der Waals surface area contributed by atoms with Crippen LogP contribution in [0.15, 0.2) is 24.4 Å². The Morgan fingerprint density at radius 2 is 2.00 bits per heavy atom. The number of benzene rings is 1. The van der Waals surface area contributed by atoms with E-state index in [9.17, 15) is 18.4 Å². The summed E-state index contributed by atoms with van der Waals surface area (Å²) in [7, 11) is 1.17. The topological polar surface area (TPSA) is 114 Å². The van der Waals surface area contributed by atoms with Gasteiger partial charge in [-0.1, -0.05) is 20.3 Å². The first-order chi connectivity index (χ1) is 15.3. The van der Waals surface area contributed by atoms with Crippen LogP contribution in [0.25, 0.3) is 11.0 Å². The number of H-pyrrole nitrogens is 1. The van der Waals surface area contributed by atoms with Crippen molar-refractivity contribution >= 4 is 22.8 Å². The average Bonchev–Trinajstić information content (AvgIpc) is 3.42. The van der Waals surface area contributed by atoms with Gasteiger partial charge in [-0.05, 0) is 31.0 Å². The van der Waals surface area contributed by atoms with Crippen LogP contribution >= 0.6 is 0 Å². The van der Waals surface area contributed by atoms with Gasteiger partial charge in [-0.15, -0.1) is 0 Å². The number of aromatic amines is 1. The van der Waals surface area contributed by atoms with Crippen molar-refractivity contribution in [2.24, 2.45) is 5.73 Å². The zero-order chi connectivity index (χ0) is 23.4. The normalized spacial score (nSPS) is 15.4. The van der Waals surface area contributed by atoms with Crippen molar-refractivity contribution < 1.29 is 23.1 Å². The summed E-state index contributed by atoms with van der Waals surface area (Å²) < 4.78 is 32.5. The first kappa shape index (κ1) is 23.1. The zero-order valence-electron chi connectivity index (χ0n) is 18.1. The molecule has 0 saturated carbocycles. The predicted octanol–water partition coefficient (Wildman–Crippen LogP) is 3.74. The number of nitrogens with one attached hydrogen (secondary N) is 1. The maximum absolute atomic E-state index is 14.0. The number of halogens is 2. The SMILES string of the molecule is CCC.COc1c(C(=O)N2CCCC2c2nc3c(C(N)=O)nccc3[nH]2)ccc(F)c1F. The number of amides is 2. The number of likely N-dealkylation sites (tertiary alicyclic amines) is 1. The first-order valence-electron chi connectivity index (χ1n) is 10.3. The highest BCUT2D eigenvalue weighted by Crippen LogP contribution is 2.35. The molecule has 3 aromatic rings. The molecule has 1 unspecified atom stereocenters. The fraction of sp³-hybridized carbons (Fsp3) is 0.364. The molecule has 32 heavy (non-hydrogen) atoms. The number of imidazole rings is 1. The molecule has 0 spiro atoms. The van der Waals surface area contributed by atoms with E-state index in [0.717, 1.165) is 6.07 Å². The van der Waals surface area contributed by atoms with Gasteiger partial charge in [0.2, 0.25) is 5.82 Å². The predicted molar refractivity (Wildman–Crippen MR) is 114 cm³/mol. The second-order valence-corrected chi connectivity index (χ2v) is 7.35. The number of carbonyl (C=O) groups excluding carboxylic acids is 2. The number of primary amides is 1. The van der Waals surface area contributed by atoms with Crippen LogP contribution in [0.5, 0.6) is 5.75 Å². The Balaban J connectivity index is 0.000000913. The largest absolute Gasteiger partial charge is 0.493 e. The molecule has 8 nitrogen and oxygen atoms in total. The van der Waals surface area contributed by atoms with E-state index in [0.29, 0.717) is 36.2 Å². The second-order valence-electron chi connectivity index (χ2n) is 7.35. The molecule has 2 aromatic heterocycles. The summed E-state index contributed by atoms with van der Waals surface area (Å²) in [6.07, 6.45) is 3.99. The molecule has 3 N–H and O–H groups in total. The lowest BCUT2D eigenvalue weighted by Gasteiger charge is -2.24. The number of nitrogens with two attached hydrogens (primary N) is 1. The summed E-state index contributed by atoms with van der Waals surface area (Å²) in [5.41, 5.74) is 6.19. The minimum atomic E-state index is -1.21. The molecular weight excluding hydrogens is 420 g/mol. The zero-order valence-corrected chi connectivity index (χ0v) is 18.1. The lowest BCUT2D eigenvalue weighted by atomic mass is 10.1. The van der Waals surface area contributed by atoms with Gasteiger partial charge in [-0.2, -0.15) is 4.39 Å². The highest BCUT2D eigenvalue weighted by molar-refractivity contribution is 6.02. The van der Waals surface area contributed by atoms with Crippen molar-refractivity contribution in [1.29, 1.82) is 0 Å². The number of hydrogen-bond acceptors (Lipinski definition) is 5. The van der Waals surface area contributed by atoms with E-state index in [2.05, 4.69) is 28.8 Å². The summed E-state index contributed by atoms with van der Waals surface area (Å²) in [6, 6.07) is 3.30. The molecule has 2 amide bonds. The van der Waals surface area contributed by atoms with Crippen LogP contribution in [-0.2, 0) is 0 Å². The molecule has 1 saturated heterocycles. The Morgan fingerprint density at radius 3 is 2.66 bits per heavy atom. The number of carbonyl (C=O) groups is 2. The average molecular weight is 445 g/mol. The molecule has 3 heterocycles. The van der Waals surface area contributed by atoms with Crippen LogP contribution in [0, 0.1) is 11.6 Å². The number of pyridine rings is 1. The smallest absolute Gasteiger partial charge is 0.269 e. The van der Waals surface area contributed by atoms with Crippen LogP contribution in [0.3, 0.4) is 0 Å². The van der Waals surface area contributed by atoms with Gasteiger partial charge in [-0.25, -0.2) is 14.4 Å². The molecule has 1 aliphatic rings. The third kappa shape index (κ3) is 4.25. The van der Waals surface area contributed by atoms with Crippen molar-refractivity contribution in [1.82, 2.24) is 19.9 Å². The standard InChI is InChI=1S/C19H17F2N5O3.C3H8/c1-29-16-9(4-5-10(20)13(16)21)19(28)26-8-2-3-12(26)18-24-11-6-7-23-15(17(22)27)14(11)25-18;1-3-2/h4-7,12H,2-3,8H2,1H3,(H2,22,27)(H,24,25);3H2,1-2H3. The third-order valence-corrected chi connectivity index (χ3v) is 4.97. The Bertz CT molecular complexity index is 1150. The molecule has 10 heteroatoms. The maximum Gasteiger partial charge on any atom is 0.269 e. The minimum absolute atomic E-state index is 0.0307. The van der Waals surface area contributed by atoms with Crippen molar-refractivity contribution in [2.45, 2.75) is 39.2 Å². The molecule has 1 aromatic carbocycles. The summed E-state index contributed by atoms with van der Waals surface area (Å²) >= 11 is 0. The van der Waals surface area contributed by atoms with Gasteiger partial charge in [0.25, 0.3) is 11.8 Å². The van der Waals surface area contributed by atoms with Gasteiger partial charge in [0.15, 0.2) is 17.3 Å². The van der Waals surface area contributed by atoms with Gasteiger partial charge < -0.3 is 20.4 Å². The Kier molecular flexibility index (Phi) is 7.01. The van der Waals surface area contributed by atoms with Crippen molar-refractivity contribution in [3.63, 3.8) is 0 Å². The summed E-state index contributed by atoms with van der Waals surface area (Å²) in [5.74, 6) is -3.50. The molecule has 1 atom stereocenters. The molecular formula is C22H25F2N5O3. The van der Waals surface area contributed by atoms with E-state index < -0.39 is 35.2 Å². The minimum Gasteiger partial charge on any atom is -0.493 e. The van der Waals surface area contributed by atoms with E-state index >= 15 is 0 Å². The molecule has 0 radical (unpaired) electrons. The first-order valence-corrected chi connectivity index (χ1v) is 10.3. The summed E-state index contributed by atoms with van der Waals surface area (Å²) in [6.45, 7) is 4.66. The van der Waals surface area contributed by atoms with E-state index in [1.165, 1.54) is 30.7 Å². The monoisotopic (exact) mass is 445 g/mol. The van der Waals surface area contributed by atoms with Crippen LogP contribution in [-0.4, -0.2) is 45.3 Å². The van der Waals surface area contributed by atoms with Gasteiger partial charge in [0.1, 0.15) is 11.3 Å². The molecule has 1 fully saturated rings. The fourth-order valence-electron chi connectivity index (χ4n) is 3.64. The number of fused-ring (bicyclic) bond motifs is 1. The van der Waals surface area contributed by atoms with E-state index in [-0.39, 0.29) is 11.3 Å². The Labute approximate surface area is 183 Å². The molecule has 1 aliphatic heterocycles. The highest BCUT2D eigenvalue weighted by Gasteiger charge is 2.35. The fourth-order valence-corrected chi connectivity index (χ4v) is 3.64. The summed E-state index contributed by atoms with van der Waals surface area (Å²) in [5, 5.41) is 0. The van der Waals surface area contributed by atoms with Gasteiger partial charge in [0.05, 0.1) is 24.2 Å². The van der Waals surface area contributed by atoms with E-state index in [4.69, 9.17) is 10.5 Å². The van der Waals surface area contributed by atoms with Crippen LogP contribution in [0.2, 0.25) is 0 Å². The molecule has 0 bridgehead atoms. The van der Waals surface area contributed by atoms with Crippen molar-refractivity contribution in [3.8, 4) is 5.75 Å². The highest BCUT2D eigenvalue weighted by atomic mass is 19.2. The van der Waals surface area contributed by atoms with Gasteiger partial charge in [-0.3, -0.25) is 9.59 Å². The number of ether oxygens (including phenoxy) is 1. The maximum atomic E-state index is 14.0. The number of aromatic nitrogens is 3. The number of hydrogen-bond donors (Lipinski definition) is 2. The quantitative estimate of drug-likeness (QED) is 0.635. The van der Waals surface area contributed by atoms with Crippen LogP contribution < -0.4 is 10.5 Å². The molecule has 0 aliphatic carbocycles. The number of rotatable bonds is 4. The van der Waals surface area contributed by atoms with Crippen molar-refractivity contribution in [3.05, 3.63) is 53.1 Å². The molecule has 170 valence electrons. The van der Waals surface area contributed by atoms with Crippen molar-refractivity contribution in [2.75, 3.05) is 13.7 Å². The van der Waals surface area contributed by atoms with Gasteiger partial charge >= 0.3 is 0 Å². The molecule has 4 rings (SSSR count). The Morgan fingerprint density at radius 1 is 1.28 bits per heavy atom. The number of methoxy groups -OCH3 is 1. The van der Waals surface area contributed by atoms with Gasteiger partial charge in [0, 0.05) is 12.7 Å².